The van der Waals surface area contributed by atoms with Crippen molar-refractivity contribution < 1.29 is 19.1 Å². The van der Waals surface area contributed by atoms with Crippen molar-refractivity contribution in [2.45, 2.75) is 37.9 Å². The first kappa shape index (κ1) is 20.7. The van der Waals surface area contributed by atoms with Crippen molar-refractivity contribution in [2.24, 2.45) is 11.8 Å². The average molecular weight is 427 g/mol. The van der Waals surface area contributed by atoms with Crippen LogP contribution in [0.25, 0.3) is 11.0 Å². The third-order valence-electron chi connectivity index (χ3n) is 7.31. The van der Waals surface area contributed by atoms with Crippen molar-refractivity contribution in [1.29, 1.82) is 0 Å². The van der Waals surface area contributed by atoms with E-state index in [2.05, 4.69) is 11.8 Å². The number of ether oxygens (including phenoxy) is 1. The van der Waals surface area contributed by atoms with Gasteiger partial charge in [0.1, 0.15) is 16.7 Å². The Bertz CT molecular complexity index is 1040. The van der Waals surface area contributed by atoms with Gasteiger partial charge in [0.05, 0.1) is 12.6 Å². The third kappa shape index (κ3) is 3.49. The molecule has 7 nitrogen and oxygen atoms in total. The van der Waals surface area contributed by atoms with Crippen LogP contribution in [0.2, 0.25) is 0 Å². The Morgan fingerprint density at radius 2 is 2.06 bits per heavy atom. The number of benzene rings is 1. The molecule has 0 saturated carbocycles. The first-order valence-corrected chi connectivity index (χ1v) is 11.4. The molecule has 0 unspecified atom stereocenters. The van der Waals surface area contributed by atoms with E-state index in [1.165, 1.54) is 12.8 Å². The highest BCUT2D eigenvalue weighted by molar-refractivity contribution is 5.96. The first-order chi connectivity index (χ1) is 15.0. The van der Waals surface area contributed by atoms with Gasteiger partial charge in [0.25, 0.3) is 5.91 Å². The van der Waals surface area contributed by atoms with Crippen molar-refractivity contribution in [2.75, 3.05) is 39.3 Å². The maximum absolute atomic E-state index is 13.3. The minimum Gasteiger partial charge on any atom is -0.422 e. The molecule has 3 fully saturated rings. The molecule has 3 saturated heterocycles. The van der Waals surface area contributed by atoms with E-state index in [1.807, 2.05) is 12.1 Å². The van der Waals surface area contributed by atoms with Crippen molar-refractivity contribution in [3.63, 3.8) is 0 Å². The number of carbonyl (C=O) groups is 1. The molecule has 4 heterocycles. The molecule has 1 aromatic carbocycles. The van der Waals surface area contributed by atoms with Gasteiger partial charge in [-0.25, -0.2) is 4.79 Å². The predicted octanol–water partition coefficient (Wildman–Crippen LogP) is 2.12. The molecule has 3 aliphatic heterocycles. The van der Waals surface area contributed by atoms with Crippen molar-refractivity contribution in [1.82, 2.24) is 9.80 Å². The van der Waals surface area contributed by atoms with Crippen molar-refractivity contribution in [3.8, 4) is 0 Å². The second kappa shape index (κ2) is 8.04. The topological polar surface area (TPSA) is 83.2 Å². The third-order valence-corrected chi connectivity index (χ3v) is 7.31. The molecular formula is C24H30N2O5. The summed E-state index contributed by atoms with van der Waals surface area (Å²) in [6, 6.07) is 8.83. The summed E-state index contributed by atoms with van der Waals surface area (Å²) >= 11 is 0. The second-order valence-electron chi connectivity index (χ2n) is 9.29. The highest BCUT2D eigenvalue weighted by Crippen LogP contribution is 2.49. The van der Waals surface area contributed by atoms with Gasteiger partial charge in [0.2, 0.25) is 0 Å². The van der Waals surface area contributed by atoms with Crippen LogP contribution in [-0.2, 0) is 4.74 Å². The van der Waals surface area contributed by atoms with Crippen LogP contribution >= 0.6 is 0 Å². The van der Waals surface area contributed by atoms with Gasteiger partial charge in [-0.05, 0) is 25.1 Å². The normalized spacial score (nSPS) is 30.1. The molecule has 5 rings (SSSR count). The number of likely N-dealkylation sites (tertiary alicyclic amines) is 2. The fourth-order valence-electron chi connectivity index (χ4n) is 5.82. The molecular weight excluding hydrogens is 396 g/mol. The summed E-state index contributed by atoms with van der Waals surface area (Å²) in [5.74, 6) is -0.222. The monoisotopic (exact) mass is 426 g/mol. The van der Waals surface area contributed by atoms with Gasteiger partial charge in [-0.3, -0.25) is 9.69 Å². The SMILES string of the molecule is CCCCCN1C[C@H]2O[C@]3(C1)CN(C(=O)c1cc4ccccc4oc1=O)C[C@@H]3[C@@H]2CO. The fourth-order valence-corrected chi connectivity index (χ4v) is 5.82. The number of hydrogen-bond donors (Lipinski definition) is 1. The molecule has 1 aromatic heterocycles. The highest BCUT2D eigenvalue weighted by atomic mass is 16.5. The number of amides is 1. The summed E-state index contributed by atoms with van der Waals surface area (Å²) in [7, 11) is 0. The molecule has 1 amide bonds. The number of unbranched alkanes of at least 4 members (excludes halogenated alkanes) is 2. The molecule has 166 valence electrons. The Balaban J connectivity index is 1.39. The summed E-state index contributed by atoms with van der Waals surface area (Å²) in [5.41, 5.74) is -0.541. The van der Waals surface area contributed by atoms with E-state index >= 15 is 0 Å². The number of aliphatic hydroxyl groups excluding tert-OH is 1. The van der Waals surface area contributed by atoms with Gasteiger partial charge >= 0.3 is 5.63 Å². The maximum atomic E-state index is 13.3. The molecule has 31 heavy (non-hydrogen) atoms. The summed E-state index contributed by atoms with van der Waals surface area (Å²) in [4.78, 5) is 30.0. The predicted molar refractivity (Wildman–Crippen MR) is 116 cm³/mol. The van der Waals surface area contributed by atoms with Crippen molar-refractivity contribution in [3.05, 3.63) is 46.3 Å². The number of rotatable bonds is 6. The number of aliphatic hydroxyl groups is 1. The number of carbonyl (C=O) groups excluding carboxylic acids is 1. The minimum atomic E-state index is -0.611. The Labute approximate surface area is 181 Å². The lowest BCUT2D eigenvalue weighted by atomic mass is 9.83. The number of hydrogen-bond acceptors (Lipinski definition) is 6. The zero-order valence-corrected chi connectivity index (χ0v) is 18.0. The molecule has 4 atom stereocenters. The van der Waals surface area contributed by atoms with Crippen LogP contribution in [-0.4, -0.2) is 71.8 Å². The molecule has 0 radical (unpaired) electrons. The van der Waals surface area contributed by atoms with Crippen LogP contribution in [0.5, 0.6) is 0 Å². The Kier molecular flexibility index (Phi) is 5.36. The Morgan fingerprint density at radius 1 is 1.23 bits per heavy atom. The van der Waals surface area contributed by atoms with Crippen molar-refractivity contribution >= 4 is 16.9 Å². The average Bonchev–Trinajstić information content (AvgIpc) is 3.20. The summed E-state index contributed by atoms with van der Waals surface area (Å²) < 4.78 is 11.8. The standard InChI is InChI=1S/C24H30N2O5/c1-2-3-6-9-25-12-21-18(13-27)19-11-26(15-24(19,14-25)31-21)22(28)17-10-16-7-4-5-8-20(16)30-23(17)29/h4-5,7-8,10,18-19,21,27H,2-3,6,9,11-15H2,1H3/t18-,19+,21+,24+/m0/s1. The smallest absolute Gasteiger partial charge is 0.349 e. The van der Waals surface area contributed by atoms with Crippen LogP contribution in [0, 0.1) is 11.8 Å². The number of morpholine rings is 1. The van der Waals surface area contributed by atoms with Crippen LogP contribution in [0.15, 0.2) is 39.5 Å². The van der Waals surface area contributed by atoms with E-state index in [-0.39, 0.29) is 36.0 Å². The first-order valence-electron chi connectivity index (χ1n) is 11.4. The molecule has 7 heteroatoms. The molecule has 3 aliphatic rings. The number of para-hydroxylation sites is 1. The van der Waals surface area contributed by atoms with E-state index in [0.717, 1.165) is 31.4 Å². The molecule has 1 spiro atoms. The van der Waals surface area contributed by atoms with E-state index < -0.39 is 11.2 Å². The second-order valence-corrected chi connectivity index (χ2v) is 9.29. The molecule has 1 N–H and O–H groups in total. The number of nitrogens with zero attached hydrogens (tertiary/aromatic N) is 2. The summed E-state index contributed by atoms with van der Waals surface area (Å²) in [6.45, 7) is 5.82. The summed E-state index contributed by atoms with van der Waals surface area (Å²) in [6.07, 6.45) is 3.53. The lowest BCUT2D eigenvalue weighted by Gasteiger charge is -2.40. The van der Waals surface area contributed by atoms with E-state index in [9.17, 15) is 14.7 Å². The van der Waals surface area contributed by atoms with Gasteiger partial charge in [-0.15, -0.1) is 0 Å². The quantitative estimate of drug-likeness (QED) is 0.563. The number of fused-ring (bicyclic) bond motifs is 2. The van der Waals surface area contributed by atoms with Gasteiger partial charge in [0, 0.05) is 43.5 Å². The minimum absolute atomic E-state index is 0.00775. The van der Waals surface area contributed by atoms with Crippen LogP contribution in [0.1, 0.15) is 36.5 Å². The van der Waals surface area contributed by atoms with E-state index in [1.54, 1.807) is 23.1 Å². The molecule has 2 aromatic rings. The summed E-state index contributed by atoms with van der Waals surface area (Å²) in [5, 5.41) is 10.8. The van der Waals surface area contributed by atoms with E-state index in [4.69, 9.17) is 9.15 Å². The Morgan fingerprint density at radius 3 is 2.87 bits per heavy atom. The van der Waals surface area contributed by atoms with Gasteiger partial charge in [-0.2, -0.15) is 0 Å². The zero-order chi connectivity index (χ0) is 21.6. The van der Waals surface area contributed by atoms with Gasteiger partial charge < -0.3 is 19.2 Å². The molecule has 2 bridgehead atoms. The largest absolute Gasteiger partial charge is 0.422 e. The molecule has 0 aliphatic carbocycles. The fraction of sp³-hybridized carbons (Fsp3) is 0.583. The lowest BCUT2D eigenvalue weighted by molar-refractivity contribution is -0.116. The van der Waals surface area contributed by atoms with Gasteiger partial charge in [-0.1, -0.05) is 38.0 Å². The highest BCUT2D eigenvalue weighted by Gasteiger charge is 2.62. The lowest BCUT2D eigenvalue weighted by Crippen LogP contribution is -2.54. The van der Waals surface area contributed by atoms with Crippen LogP contribution in [0.4, 0.5) is 0 Å². The Hall–Kier alpha value is -2.22. The van der Waals surface area contributed by atoms with Gasteiger partial charge in [0.15, 0.2) is 0 Å². The van der Waals surface area contributed by atoms with E-state index in [0.29, 0.717) is 18.7 Å². The van der Waals surface area contributed by atoms with Crippen LogP contribution < -0.4 is 5.63 Å². The maximum Gasteiger partial charge on any atom is 0.349 e. The zero-order valence-electron chi connectivity index (χ0n) is 18.0. The van der Waals surface area contributed by atoms with Crippen LogP contribution in [0.3, 0.4) is 0 Å².